The second kappa shape index (κ2) is 16.1. The van der Waals surface area contributed by atoms with Crippen molar-refractivity contribution in [3.8, 4) is 0 Å². The third kappa shape index (κ3) is 10.5. The largest absolute Gasteiger partial charge is 0.460 e. The molecule has 0 spiro atoms. The number of fused-ring (bicyclic) bond motifs is 1. The van der Waals surface area contributed by atoms with Crippen LogP contribution in [0.1, 0.15) is 73.8 Å². The van der Waals surface area contributed by atoms with Crippen molar-refractivity contribution >= 4 is 46.4 Å². The van der Waals surface area contributed by atoms with Crippen molar-refractivity contribution in [1.82, 2.24) is 31.6 Å². The predicted molar refractivity (Wildman–Crippen MR) is 178 cm³/mol. The van der Waals surface area contributed by atoms with Crippen molar-refractivity contribution in [2.45, 2.75) is 117 Å². The first-order chi connectivity index (χ1) is 22.4. The zero-order valence-electron chi connectivity index (χ0n) is 28.9. The molecule has 2 aromatic rings. The molecule has 264 valence electrons. The molecule has 0 bridgehead atoms. The first-order valence-corrected chi connectivity index (χ1v) is 16.3. The number of rotatable bonds is 8. The van der Waals surface area contributed by atoms with Crippen molar-refractivity contribution in [3.05, 3.63) is 36.0 Å². The van der Waals surface area contributed by atoms with Crippen LogP contribution in [0.25, 0.3) is 10.9 Å². The van der Waals surface area contributed by atoms with Crippen LogP contribution in [0.15, 0.2) is 30.5 Å². The maximum Gasteiger partial charge on any atom is 0.308 e. The lowest BCUT2D eigenvalue weighted by Gasteiger charge is -2.29. The van der Waals surface area contributed by atoms with Crippen molar-refractivity contribution in [2.24, 2.45) is 11.8 Å². The summed E-state index contributed by atoms with van der Waals surface area (Å²) in [6.45, 7) is 13.4. The smallest absolute Gasteiger partial charge is 0.308 e. The third-order valence-corrected chi connectivity index (χ3v) is 7.81. The molecule has 6 atom stereocenters. The molecule has 5 amide bonds. The SMILES string of the molecule is CC(C)C[C@@H]1NC(=O)[C@@H](C(C)C)NC(=O)[C@H]([C@@H](C)O)NC(=O)[C@@H](CC(=O)OC(C)(C)C)NC(=O)[C@@H](Cc2c[nH]c3ccccc23)NC1=O. The molecule has 1 aromatic heterocycles. The maximum atomic E-state index is 14.0. The van der Waals surface area contributed by atoms with Gasteiger partial charge in [-0.25, -0.2) is 0 Å². The highest BCUT2D eigenvalue weighted by Gasteiger charge is 2.38. The average Bonchev–Trinajstić information content (AvgIpc) is 3.37. The molecule has 2 heterocycles. The van der Waals surface area contributed by atoms with Gasteiger partial charge >= 0.3 is 5.97 Å². The number of hydrogen-bond donors (Lipinski definition) is 7. The Morgan fingerprint density at radius 2 is 1.31 bits per heavy atom. The minimum atomic E-state index is -1.55. The predicted octanol–water partition coefficient (Wildman–Crippen LogP) is 0.963. The Kier molecular flexibility index (Phi) is 12.7. The Morgan fingerprint density at radius 3 is 1.92 bits per heavy atom. The van der Waals surface area contributed by atoms with Crippen LogP contribution in [-0.4, -0.2) is 87.5 Å². The van der Waals surface area contributed by atoms with Crippen LogP contribution in [0.4, 0.5) is 0 Å². The first kappa shape index (κ1) is 38.0. The van der Waals surface area contributed by atoms with Crippen LogP contribution in [-0.2, 0) is 39.9 Å². The number of aliphatic hydroxyl groups is 1. The number of carbonyl (C=O) groups excluding carboxylic acids is 6. The van der Waals surface area contributed by atoms with E-state index in [1.54, 1.807) is 40.8 Å². The zero-order valence-corrected chi connectivity index (χ0v) is 28.9. The summed E-state index contributed by atoms with van der Waals surface area (Å²) in [4.78, 5) is 84.6. The van der Waals surface area contributed by atoms with Crippen LogP contribution < -0.4 is 26.6 Å². The highest BCUT2D eigenvalue weighted by molar-refractivity contribution is 5.99. The van der Waals surface area contributed by atoms with E-state index in [0.29, 0.717) is 5.56 Å². The number of H-pyrrole nitrogens is 1. The van der Waals surface area contributed by atoms with Gasteiger partial charge in [0.25, 0.3) is 0 Å². The lowest BCUT2D eigenvalue weighted by Crippen LogP contribution is -2.61. The quantitative estimate of drug-likeness (QED) is 0.201. The van der Waals surface area contributed by atoms with Gasteiger partial charge in [-0.05, 0) is 57.6 Å². The molecule has 3 rings (SSSR count). The van der Waals surface area contributed by atoms with E-state index < -0.39 is 89.8 Å². The van der Waals surface area contributed by atoms with E-state index in [0.717, 1.165) is 10.9 Å². The highest BCUT2D eigenvalue weighted by atomic mass is 16.6. The van der Waals surface area contributed by atoms with Gasteiger partial charge in [-0.1, -0.05) is 45.9 Å². The van der Waals surface area contributed by atoms with Gasteiger partial charge in [0.15, 0.2) is 0 Å². The molecule has 14 heteroatoms. The number of carbonyl (C=O) groups is 6. The average molecular weight is 671 g/mol. The van der Waals surface area contributed by atoms with Gasteiger partial charge in [-0.2, -0.15) is 0 Å². The van der Waals surface area contributed by atoms with Crippen LogP contribution in [0.5, 0.6) is 0 Å². The minimum Gasteiger partial charge on any atom is -0.460 e. The Bertz CT molecular complexity index is 1490. The van der Waals surface area contributed by atoms with E-state index in [9.17, 15) is 33.9 Å². The summed E-state index contributed by atoms with van der Waals surface area (Å²) in [5, 5.41) is 24.4. The van der Waals surface area contributed by atoms with Gasteiger partial charge in [0.2, 0.25) is 29.5 Å². The number of ether oxygens (including phenoxy) is 1. The summed E-state index contributed by atoms with van der Waals surface area (Å²) in [6, 6.07) is 0.836. The fourth-order valence-corrected chi connectivity index (χ4v) is 5.43. The maximum absolute atomic E-state index is 14.0. The van der Waals surface area contributed by atoms with Crippen LogP contribution in [0.3, 0.4) is 0 Å². The molecular weight excluding hydrogens is 620 g/mol. The molecule has 48 heavy (non-hydrogen) atoms. The van der Waals surface area contributed by atoms with Crippen molar-refractivity contribution < 1.29 is 38.6 Å². The van der Waals surface area contributed by atoms with Gasteiger partial charge in [0.05, 0.1) is 12.5 Å². The molecule has 7 N–H and O–H groups in total. The molecule has 1 saturated heterocycles. The standard InChI is InChI=1S/C34H50N6O8/c1-17(2)13-23-29(43)36-24(14-20-16-35-22-12-10-9-11-21(20)22)30(44)37-25(15-26(42)48-34(6,7)8)31(45)40-28(19(5)41)33(47)39-27(18(3)4)32(46)38-23/h9-12,16-19,23-25,27-28,35,41H,13-15H2,1-8H3,(H,36,43)(H,37,44)(H,38,46)(H,39,47)(H,40,45)/t19-,23+,24-,25-,27-,28+/m1/s1. The lowest BCUT2D eigenvalue weighted by atomic mass is 9.98. The van der Waals surface area contributed by atoms with Gasteiger partial charge in [0, 0.05) is 23.5 Å². The molecular formula is C34H50N6O8. The van der Waals surface area contributed by atoms with E-state index in [1.165, 1.54) is 6.92 Å². The number of aromatic nitrogens is 1. The molecule has 1 fully saturated rings. The normalized spacial score (nSPS) is 24.1. The molecule has 14 nitrogen and oxygen atoms in total. The molecule has 0 unspecified atom stereocenters. The van der Waals surface area contributed by atoms with E-state index in [4.69, 9.17) is 4.74 Å². The summed E-state index contributed by atoms with van der Waals surface area (Å²) in [5.41, 5.74) is 0.609. The number of amides is 5. The van der Waals surface area contributed by atoms with Crippen molar-refractivity contribution in [3.63, 3.8) is 0 Å². The molecule has 0 aliphatic carbocycles. The van der Waals surface area contributed by atoms with E-state index in [1.807, 2.05) is 38.1 Å². The second-order valence-corrected chi connectivity index (χ2v) is 14.1. The fourth-order valence-electron chi connectivity index (χ4n) is 5.43. The molecule has 1 aliphatic heterocycles. The van der Waals surface area contributed by atoms with E-state index >= 15 is 0 Å². The van der Waals surface area contributed by atoms with Gasteiger partial charge in [0.1, 0.15) is 35.8 Å². The van der Waals surface area contributed by atoms with Gasteiger partial charge in [-0.3, -0.25) is 28.8 Å². The van der Waals surface area contributed by atoms with Crippen LogP contribution >= 0.6 is 0 Å². The molecule has 1 aliphatic rings. The Hall–Kier alpha value is -4.46. The highest BCUT2D eigenvalue weighted by Crippen LogP contribution is 2.20. The number of aliphatic hydroxyl groups excluding tert-OH is 1. The third-order valence-electron chi connectivity index (χ3n) is 7.81. The fraction of sp³-hybridized carbons (Fsp3) is 0.588. The molecule has 0 saturated carbocycles. The summed E-state index contributed by atoms with van der Waals surface area (Å²) in [6.07, 6.45) is -0.105. The Labute approximate surface area is 280 Å². The topological polar surface area (TPSA) is 208 Å². The number of nitrogens with one attached hydrogen (secondary N) is 6. The molecule has 1 aromatic carbocycles. The minimum absolute atomic E-state index is 0.00430. The Morgan fingerprint density at radius 1 is 0.771 bits per heavy atom. The van der Waals surface area contributed by atoms with Crippen molar-refractivity contribution in [2.75, 3.05) is 0 Å². The number of para-hydroxylation sites is 1. The Balaban J connectivity index is 2.12. The number of esters is 1. The summed E-state index contributed by atoms with van der Waals surface area (Å²) in [7, 11) is 0. The summed E-state index contributed by atoms with van der Waals surface area (Å²) in [5.74, 6) is -5.20. The van der Waals surface area contributed by atoms with Gasteiger partial charge < -0.3 is 41.4 Å². The van der Waals surface area contributed by atoms with Crippen molar-refractivity contribution in [1.29, 1.82) is 0 Å². The molecule has 0 radical (unpaired) electrons. The number of aromatic amines is 1. The van der Waals surface area contributed by atoms with E-state index in [-0.39, 0.29) is 18.8 Å². The number of hydrogen-bond acceptors (Lipinski definition) is 8. The second-order valence-electron chi connectivity index (χ2n) is 14.1. The van der Waals surface area contributed by atoms with E-state index in [2.05, 4.69) is 31.6 Å². The van der Waals surface area contributed by atoms with Crippen LogP contribution in [0.2, 0.25) is 0 Å². The number of benzene rings is 1. The lowest BCUT2D eigenvalue weighted by molar-refractivity contribution is -0.156. The monoisotopic (exact) mass is 670 g/mol. The first-order valence-electron chi connectivity index (χ1n) is 16.3. The summed E-state index contributed by atoms with van der Waals surface area (Å²) >= 11 is 0. The van der Waals surface area contributed by atoms with Gasteiger partial charge in [-0.15, -0.1) is 0 Å². The zero-order chi connectivity index (χ0) is 35.9. The summed E-state index contributed by atoms with van der Waals surface area (Å²) < 4.78 is 5.41. The van der Waals surface area contributed by atoms with Crippen LogP contribution in [0, 0.1) is 11.8 Å².